The van der Waals surface area contributed by atoms with Crippen LogP contribution in [0.4, 0.5) is 21.6 Å². The second-order valence-electron chi connectivity index (χ2n) is 12.6. The molecule has 0 spiro atoms. The molecule has 1 aromatic carbocycles. The Morgan fingerprint density at radius 3 is 2.47 bits per heavy atom. The summed E-state index contributed by atoms with van der Waals surface area (Å²) in [5, 5.41) is 17.6. The zero-order valence-electron chi connectivity index (χ0n) is 25.9. The fourth-order valence-electron chi connectivity index (χ4n) is 6.65. The zero-order valence-corrected chi connectivity index (χ0v) is 25.9. The van der Waals surface area contributed by atoms with Crippen LogP contribution < -0.4 is 20.4 Å². The number of nitrogens with zero attached hydrogens (tertiary/aromatic N) is 5. The molecule has 47 heavy (non-hydrogen) atoms. The number of piperazine rings is 1. The maximum Gasteiger partial charge on any atom is 0.249 e. The van der Waals surface area contributed by atoms with Gasteiger partial charge in [0, 0.05) is 86.5 Å². The average Bonchev–Trinajstić information content (AvgIpc) is 3.55. The summed E-state index contributed by atoms with van der Waals surface area (Å²) in [7, 11) is 0. The van der Waals surface area contributed by atoms with Crippen molar-refractivity contribution in [2.24, 2.45) is 0 Å². The highest BCUT2D eigenvalue weighted by Gasteiger charge is 2.37. The molecule has 6 heterocycles. The van der Waals surface area contributed by atoms with Crippen LogP contribution in [0.2, 0.25) is 0 Å². The van der Waals surface area contributed by atoms with E-state index in [-0.39, 0.29) is 24.7 Å². The number of carbonyl (C=O) groups excluding carboxylic acids is 3. The number of H-pyrrole nitrogens is 1. The van der Waals surface area contributed by atoms with E-state index in [0.717, 1.165) is 28.0 Å². The summed E-state index contributed by atoms with van der Waals surface area (Å²) >= 11 is 0. The maximum atomic E-state index is 15.1. The van der Waals surface area contributed by atoms with Crippen molar-refractivity contribution in [1.82, 2.24) is 25.2 Å². The number of amides is 3. The van der Waals surface area contributed by atoms with Crippen LogP contribution >= 0.6 is 0 Å². The Labute approximate surface area is 271 Å². The largest absolute Gasteiger partial charge is 0.389 e. The number of aromatic amines is 1. The smallest absolute Gasteiger partial charge is 0.249 e. The van der Waals surface area contributed by atoms with Gasteiger partial charge < -0.3 is 30.1 Å². The number of piperidine rings is 2. The number of hydrogen-bond acceptors (Lipinski definition) is 9. The van der Waals surface area contributed by atoms with Crippen molar-refractivity contribution in [3.63, 3.8) is 0 Å². The molecule has 244 valence electrons. The van der Waals surface area contributed by atoms with Gasteiger partial charge in [-0.25, -0.2) is 14.4 Å². The number of imide groups is 1. The first kappa shape index (κ1) is 30.6. The number of fused-ring (bicyclic) bond motifs is 1. The van der Waals surface area contributed by atoms with E-state index in [1.165, 1.54) is 6.07 Å². The van der Waals surface area contributed by atoms with Gasteiger partial charge in [-0.3, -0.25) is 19.7 Å². The van der Waals surface area contributed by atoms with Crippen LogP contribution in [-0.4, -0.2) is 93.6 Å². The van der Waals surface area contributed by atoms with Gasteiger partial charge in [-0.2, -0.15) is 0 Å². The van der Waals surface area contributed by atoms with Crippen LogP contribution in [-0.2, 0) is 14.4 Å². The van der Waals surface area contributed by atoms with Crippen LogP contribution in [0.5, 0.6) is 0 Å². The summed E-state index contributed by atoms with van der Waals surface area (Å²) in [5.41, 5.74) is 2.55. The molecule has 0 bridgehead atoms. The Hall–Kier alpha value is -5.04. The molecule has 1 atom stereocenters. The Kier molecular flexibility index (Phi) is 8.22. The standard InChI is InChI=1S/C34H37FN8O4/c35-26-18-25(39-27-3-6-30(44)40-33(27)46)2-4-28(26)41-11-8-34(47,9-12-41)19-31(45)43-15-13-42(14-16-43)29-5-1-23(20-37-29)24-17-22-7-10-36-32(22)38-21-24/h1-2,4-5,7,10,17-18,20-21,27,39,47H,3,6,8-9,11-16,19H2,(H,36,38)(H,40,44,46). The molecule has 1 unspecified atom stereocenters. The Morgan fingerprint density at radius 1 is 0.957 bits per heavy atom. The topological polar surface area (TPSA) is 147 Å². The molecule has 3 aliphatic rings. The van der Waals surface area contributed by atoms with Crippen LogP contribution in [0, 0.1) is 5.82 Å². The van der Waals surface area contributed by atoms with Gasteiger partial charge in [0.25, 0.3) is 0 Å². The van der Waals surface area contributed by atoms with E-state index < -0.39 is 23.4 Å². The van der Waals surface area contributed by atoms with Gasteiger partial charge in [0.05, 0.1) is 17.7 Å². The molecule has 3 fully saturated rings. The molecular weight excluding hydrogens is 603 g/mol. The number of benzene rings is 1. The first-order valence-electron chi connectivity index (χ1n) is 16.0. The highest BCUT2D eigenvalue weighted by atomic mass is 19.1. The van der Waals surface area contributed by atoms with Crippen LogP contribution in [0.25, 0.3) is 22.2 Å². The minimum atomic E-state index is -1.15. The predicted octanol–water partition coefficient (Wildman–Crippen LogP) is 3.05. The molecule has 4 aromatic rings. The molecular formula is C34H37FN8O4. The monoisotopic (exact) mass is 640 g/mol. The Bertz CT molecular complexity index is 1800. The number of pyridine rings is 2. The molecule has 0 radical (unpaired) electrons. The molecule has 0 aliphatic carbocycles. The van der Waals surface area contributed by atoms with Gasteiger partial charge in [0.1, 0.15) is 23.3 Å². The number of aliphatic hydroxyl groups is 1. The summed E-state index contributed by atoms with van der Waals surface area (Å²) in [5.74, 6) is -0.387. The summed E-state index contributed by atoms with van der Waals surface area (Å²) in [4.78, 5) is 54.7. The van der Waals surface area contributed by atoms with Gasteiger partial charge in [-0.05, 0) is 61.7 Å². The zero-order chi connectivity index (χ0) is 32.5. The number of nitrogens with one attached hydrogen (secondary N) is 3. The van der Waals surface area contributed by atoms with Crippen LogP contribution in [0.3, 0.4) is 0 Å². The van der Waals surface area contributed by atoms with Crippen molar-refractivity contribution in [1.29, 1.82) is 0 Å². The van der Waals surface area contributed by atoms with Gasteiger partial charge in [-0.1, -0.05) is 0 Å². The average molecular weight is 641 g/mol. The minimum Gasteiger partial charge on any atom is -0.389 e. The van der Waals surface area contributed by atoms with Gasteiger partial charge >= 0.3 is 0 Å². The fraction of sp³-hybridized carbons (Fsp3) is 0.382. The molecule has 4 N–H and O–H groups in total. The van der Waals surface area contributed by atoms with Gasteiger partial charge in [-0.15, -0.1) is 0 Å². The Balaban J connectivity index is 0.884. The van der Waals surface area contributed by atoms with Crippen molar-refractivity contribution >= 4 is 45.9 Å². The second-order valence-corrected chi connectivity index (χ2v) is 12.6. The molecule has 12 nitrogen and oxygen atoms in total. The first-order valence-corrected chi connectivity index (χ1v) is 16.0. The number of hydrogen-bond donors (Lipinski definition) is 4. The summed E-state index contributed by atoms with van der Waals surface area (Å²) in [6.45, 7) is 3.20. The van der Waals surface area contributed by atoms with Crippen molar-refractivity contribution in [2.75, 3.05) is 54.4 Å². The number of carbonyl (C=O) groups is 3. The summed E-state index contributed by atoms with van der Waals surface area (Å²) in [6, 6.07) is 12.2. The number of rotatable bonds is 7. The second kappa shape index (κ2) is 12.6. The minimum absolute atomic E-state index is 0.0323. The molecule has 3 aliphatic heterocycles. The molecule has 7 rings (SSSR count). The van der Waals surface area contributed by atoms with E-state index in [0.29, 0.717) is 69.9 Å². The molecule has 0 saturated carbocycles. The Morgan fingerprint density at radius 2 is 1.74 bits per heavy atom. The lowest BCUT2D eigenvalue weighted by molar-refractivity contribution is -0.138. The third-order valence-corrected chi connectivity index (χ3v) is 9.48. The number of anilines is 3. The quantitative estimate of drug-likeness (QED) is 0.224. The summed E-state index contributed by atoms with van der Waals surface area (Å²) in [6.07, 6.45) is 6.86. The molecule has 3 saturated heterocycles. The molecule has 3 aromatic heterocycles. The first-order chi connectivity index (χ1) is 22.7. The number of halogens is 1. The van der Waals surface area contributed by atoms with Crippen LogP contribution in [0.15, 0.2) is 61.1 Å². The van der Waals surface area contributed by atoms with Crippen molar-refractivity contribution in [3.05, 3.63) is 66.9 Å². The van der Waals surface area contributed by atoms with E-state index in [9.17, 15) is 19.5 Å². The third-order valence-electron chi connectivity index (χ3n) is 9.48. The van der Waals surface area contributed by atoms with Crippen molar-refractivity contribution < 1.29 is 23.9 Å². The molecule has 13 heteroatoms. The summed E-state index contributed by atoms with van der Waals surface area (Å²) < 4.78 is 15.1. The SMILES string of the molecule is O=C1CCC(Nc2ccc(N3CCC(O)(CC(=O)N4CCN(c5ccc(-c6cnc7[nH]ccc7c6)cn5)CC4)CC3)c(F)c2)C(=O)N1. The lowest BCUT2D eigenvalue weighted by atomic mass is 9.87. The van der Waals surface area contributed by atoms with Crippen molar-refractivity contribution in [2.45, 2.75) is 43.7 Å². The van der Waals surface area contributed by atoms with E-state index in [2.05, 4.69) is 36.6 Å². The van der Waals surface area contributed by atoms with Gasteiger partial charge in [0.15, 0.2) is 0 Å². The number of aromatic nitrogens is 3. The van der Waals surface area contributed by atoms with E-state index in [1.807, 2.05) is 41.7 Å². The van der Waals surface area contributed by atoms with E-state index in [1.54, 1.807) is 17.0 Å². The lowest BCUT2D eigenvalue weighted by Gasteiger charge is -2.41. The van der Waals surface area contributed by atoms with Crippen LogP contribution in [0.1, 0.15) is 32.1 Å². The highest BCUT2D eigenvalue weighted by molar-refractivity contribution is 6.01. The lowest BCUT2D eigenvalue weighted by Crippen LogP contribution is -2.52. The van der Waals surface area contributed by atoms with Gasteiger partial charge in [0.2, 0.25) is 17.7 Å². The predicted molar refractivity (Wildman–Crippen MR) is 175 cm³/mol. The van der Waals surface area contributed by atoms with E-state index in [4.69, 9.17) is 0 Å². The molecule has 3 amide bonds. The fourth-order valence-corrected chi connectivity index (χ4v) is 6.65. The maximum absolute atomic E-state index is 15.1. The van der Waals surface area contributed by atoms with Crippen molar-refractivity contribution in [3.8, 4) is 11.1 Å². The van der Waals surface area contributed by atoms with E-state index >= 15 is 4.39 Å². The third kappa shape index (κ3) is 6.61. The normalized spacial score (nSPS) is 20.0. The highest BCUT2D eigenvalue weighted by Crippen LogP contribution is 2.32.